The van der Waals surface area contributed by atoms with Crippen molar-refractivity contribution in [2.75, 3.05) is 7.11 Å². The number of phenols is 1. The van der Waals surface area contributed by atoms with Gasteiger partial charge in [-0.15, -0.1) is 0 Å². The van der Waals surface area contributed by atoms with Gasteiger partial charge in [0.2, 0.25) is 0 Å². The Hall–Kier alpha value is -2.62. The molecule has 0 bridgehead atoms. The molecule has 1 N–H and O–H groups in total. The number of hydrogen-bond donors (Lipinski definition) is 1. The Morgan fingerprint density at radius 1 is 1.62 bits per heavy atom. The maximum absolute atomic E-state index is 11.2. The lowest BCUT2D eigenvalue weighted by Crippen LogP contribution is -2.07. The second kappa shape index (κ2) is 4.27. The van der Waals surface area contributed by atoms with E-state index in [0.29, 0.717) is 0 Å². The fourth-order valence-corrected chi connectivity index (χ4v) is 1.16. The summed E-state index contributed by atoms with van der Waals surface area (Å²) in [5.74, 6) is -1.67. The number of hydrogen-bond acceptors (Lipinski definition) is 6. The van der Waals surface area contributed by atoms with Gasteiger partial charge in [-0.25, -0.2) is 4.79 Å². The molecule has 0 spiro atoms. The third kappa shape index (κ3) is 1.76. The molecule has 82 valence electrons. The Balaban J connectivity index is 3.62. The summed E-state index contributed by atoms with van der Waals surface area (Å²) >= 11 is 0. The van der Waals surface area contributed by atoms with Gasteiger partial charge in [0.25, 0.3) is 0 Å². The monoisotopic (exact) mass is 222 g/mol. The van der Waals surface area contributed by atoms with Crippen LogP contribution in [0.1, 0.15) is 15.9 Å². The predicted molar refractivity (Wildman–Crippen MR) is 50.8 cm³/mol. The van der Waals surface area contributed by atoms with Crippen molar-refractivity contribution in [3.8, 4) is 11.8 Å². The molecule has 0 heterocycles. The summed E-state index contributed by atoms with van der Waals surface area (Å²) in [6, 6.07) is 3.64. The van der Waals surface area contributed by atoms with E-state index in [1.54, 1.807) is 6.07 Å². The van der Waals surface area contributed by atoms with Gasteiger partial charge in [0, 0.05) is 0 Å². The maximum atomic E-state index is 11.2. The molecule has 0 amide bonds. The molecular weight excluding hydrogens is 216 g/mol. The molecule has 0 saturated heterocycles. The quantitative estimate of drug-likeness (QED) is 0.452. The molecule has 16 heavy (non-hydrogen) atoms. The van der Waals surface area contributed by atoms with E-state index in [2.05, 4.69) is 4.74 Å². The number of esters is 1. The Bertz CT molecular complexity index is 503. The molecule has 0 saturated carbocycles. The molecular formula is C9H6N2O5. The number of nitriles is 1. The average Bonchev–Trinajstić information content (AvgIpc) is 2.27. The predicted octanol–water partition coefficient (Wildman–Crippen LogP) is 0.959. The topological polar surface area (TPSA) is 113 Å². The van der Waals surface area contributed by atoms with Crippen LogP contribution in [0.3, 0.4) is 0 Å². The van der Waals surface area contributed by atoms with E-state index in [0.717, 1.165) is 19.2 Å². The van der Waals surface area contributed by atoms with Gasteiger partial charge in [-0.1, -0.05) is 0 Å². The molecule has 0 aliphatic heterocycles. The van der Waals surface area contributed by atoms with E-state index in [1.807, 2.05) is 0 Å². The summed E-state index contributed by atoms with van der Waals surface area (Å²) in [5.41, 5.74) is -1.69. The van der Waals surface area contributed by atoms with Crippen molar-refractivity contribution in [1.82, 2.24) is 0 Å². The highest BCUT2D eigenvalue weighted by molar-refractivity contribution is 5.97. The molecule has 0 fully saturated rings. The normalized spacial score (nSPS) is 9.25. The SMILES string of the molecule is COC(=O)c1c(O)ccc(C#N)c1[N+](=O)[O-]. The largest absolute Gasteiger partial charge is 0.507 e. The zero-order valence-electron chi connectivity index (χ0n) is 8.13. The molecule has 1 rings (SSSR count). The molecule has 7 heteroatoms. The summed E-state index contributed by atoms with van der Waals surface area (Å²) in [4.78, 5) is 21.0. The van der Waals surface area contributed by atoms with Gasteiger partial charge >= 0.3 is 11.7 Å². The van der Waals surface area contributed by atoms with Gasteiger partial charge < -0.3 is 9.84 Å². The molecule has 0 aromatic heterocycles. The van der Waals surface area contributed by atoms with Crippen LogP contribution in [-0.2, 0) is 4.74 Å². The van der Waals surface area contributed by atoms with Crippen LogP contribution in [0, 0.1) is 21.4 Å². The van der Waals surface area contributed by atoms with E-state index < -0.39 is 27.9 Å². The van der Waals surface area contributed by atoms with Crippen molar-refractivity contribution in [2.24, 2.45) is 0 Å². The molecule has 0 unspecified atom stereocenters. The number of carbonyl (C=O) groups excluding carboxylic acids is 1. The first-order valence-corrected chi connectivity index (χ1v) is 4.01. The summed E-state index contributed by atoms with van der Waals surface area (Å²) in [6.07, 6.45) is 0. The first kappa shape index (κ1) is 11.5. The van der Waals surface area contributed by atoms with Crippen molar-refractivity contribution >= 4 is 11.7 Å². The first-order valence-electron chi connectivity index (χ1n) is 4.01. The summed E-state index contributed by atoms with van der Waals surface area (Å²) in [6.45, 7) is 0. The number of ether oxygens (including phenoxy) is 1. The Morgan fingerprint density at radius 2 is 2.25 bits per heavy atom. The van der Waals surface area contributed by atoms with E-state index in [9.17, 15) is 20.0 Å². The number of phenolic OH excluding ortho intramolecular Hbond substituents is 1. The lowest BCUT2D eigenvalue weighted by Gasteiger charge is -2.04. The summed E-state index contributed by atoms with van der Waals surface area (Å²) < 4.78 is 4.29. The van der Waals surface area contributed by atoms with Crippen LogP contribution in [0.15, 0.2) is 12.1 Å². The number of aromatic hydroxyl groups is 1. The molecule has 7 nitrogen and oxygen atoms in total. The Morgan fingerprint density at radius 3 is 2.69 bits per heavy atom. The van der Waals surface area contributed by atoms with Gasteiger partial charge in [0.15, 0.2) is 5.56 Å². The van der Waals surface area contributed by atoms with E-state index in [1.165, 1.54) is 0 Å². The maximum Gasteiger partial charge on any atom is 0.348 e. The number of methoxy groups -OCH3 is 1. The van der Waals surface area contributed by atoms with Crippen LogP contribution in [-0.4, -0.2) is 23.1 Å². The summed E-state index contributed by atoms with van der Waals surface area (Å²) in [7, 11) is 1.02. The number of benzene rings is 1. The van der Waals surface area contributed by atoms with E-state index in [4.69, 9.17) is 5.26 Å². The number of carbonyl (C=O) groups is 1. The Labute approximate surface area is 89.6 Å². The average molecular weight is 222 g/mol. The third-order valence-corrected chi connectivity index (χ3v) is 1.85. The minimum atomic E-state index is -1.07. The van der Waals surface area contributed by atoms with Gasteiger partial charge in [-0.2, -0.15) is 5.26 Å². The highest BCUT2D eigenvalue weighted by Crippen LogP contribution is 2.31. The van der Waals surface area contributed by atoms with Gasteiger partial charge in [-0.05, 0) is 12.1 Å². The van der Waals surface area contributed by atoms with Crippen molar-refractivity contribution < 1.29 is 19.6 Å². The zero-order valence-corrected chi connectivity index (χ0v) is 8.13. The first-order chi connectivity index (χ1) is 7.52. The molecule has 1 aromatic carbocycles. The highest BCUT2D eigenvalue weighted by atomic mass is 16.6. The van der Waals surface area contributed by atoms with Crippen LogP contribution >= 0.6 is 0 Å². The van der Waals surface area contributed by atoms with E-state index >= 15 is 0 Å². The van der Waals surface area contributed by atoms with Crippen LogP contribution in [0.2, 0.25) is 0 Å². The zero-order chi connectivity index (χ0) is 12.3. The van der Waals surface area contributed by atoms with Crippen molar-refractivity contribution in [3.63, 3.8) is 0 Å². The number of rotatable bonds is 2. The minimum absolute atomic E-state index is 0.316. The number of nitro groups is 1. The van der Waals surface area contributed by atoms with Crippen LogP contribution < -0.4 is 0 Å². The molecule has 0 aliphatic carbocycles. The lowest BCUT2D eigenvalue weighted by atomic mass is 10.1. The minimum Gasteiger partial charge on any atom is -0.507 e. The standard InChI is InChI=1S/C9H6N2O5/c1-16-9(13)7-6(12)3-2-5(4-10)8(7)11(14)15/h2-3,12H,1H3. The fraction of sp³-hybridized carbons (Fsp3) is 0.111. The van der Waals surface area contributed by atoms with Gasteiger partial charge in [0.1, 0.15) is 17.4 Å². The van der Waals surface area contributed by atoms with Crippen molar-refractivity contribution in [3.05, 3.63) is 33.4 Å². The van der Waals surface area contributed by atoms with E-state index in [-0.39, 0.29) is 5.56 Å². The second-order valence-corrected chi connectivity index (χ2v) is 2.72. The lowest BCUT2D eigenvalue weighted by molar-refractivity contribution is -0.385. The van der Waals surface area contributed by atoms with Crippen molar-refractivity contribution in [2.45, 2.75) is 0 Å². The smallest absolute Gasteiger partial charge is 0.348 e. The van der Waals surface area contributed by atoms with Crippen LogP contribution in [0.4, 0.5) is 5.69 Å². The van der Waals surface area contributed by atoms with Crippen LogP contribution in [0.25, 0.3) is 0 Å². The van der Waals surface area contributed by atoms with Crippen LogP contribution in [0.5, 0.6) is 5.75 Å². The van der Waals surface area contributed by atoms with Crippen molar-refractivity contribution in [1.29, 1.82) is 5.26 Å². The molecule has 0 radical (unpaired) electrons. The Kier molecular flexibility index (Phi) is 3.06. The van der Waals surface area contributed by atoms with Gasteiger partial charge in [0.05, 0.1) is 12.0 Å². The molecule has 0 aliphatic rings. The second-order valence-electron chi connectivity index (χ2n) is 2.72. The molecule has 1 aromatic rings. The third-order valence-electron chi connectivity index (χ3n) is 1.85. The fourth-order valence-electron chi connectivity index (χ4n) is 1.16. The number of nitro benzene ring substituents is 1. The summed E-state index contributed by atoms with van der Waals surface area (Å²) in [5, 5.41) is 28.7. The highest BCUT2D eigenvalue weighted by Gasteiger charge is 2.29. The number of nitrogens with zero attached hydrogens (tertiary/aromatic N) is 2. The van der Waals surface area contributed by atoms with Gasteiger partial charge in [-0.3, -0.25) is 10.1 Å². The molecule has 0 atom stereocenters.